The lowest BCUT2D eigenvalue weighted by Crippen LogP contribution is -2.07. The van der Waals surface area contributed by atoms with Crippen LogP contribution in [-0.2, 0) is 11.3 Å². The van der Waals surface area contributed by atoms with Gasteiger partial charge >= 0.3 is 0 Å². The molecule has 2 nitrogen and oxygen atoms in total. The highest BCUT2D eigenvalue weighted by Crippen LogP contribution is 2.24. The van der Waals surface area contributed by atoms with Gasteiger partial charge in [0, 0.05) is 0 Å². The predicted molar refractivity (Wildman–Crippen MR) is 60.5 cm³/mol. The zero-order chi connectivity index (χ0) is 10.7. The highest BCUT2D eigenvalue weighted by Gasteiger charge is 2.10. The molecule has 2 rings (SSSR count). The Bertz CT molecular complexity index is 380. The standard InChI is InChI=1S/C13H16O2/c1-10-11(8-14)4-2-6-13(10)12-5-3-7-15-9-12/h2,4-6,14H,3,7-9H2,1H3. The molecule has 0 aliphatic carbocycles. The van der Waals surface area contributed by atoms with Crippen LogP contribution in [0.2, 0.25) is 0 Å². The van der Waals surface area contributed by atoms with E-state index >= 15 is 0 Å². The maximum absolute atomic E-state index is 9.19. The Morgan fingerprint density at radius 1 is 1.40 bits per heavy atom. The summed E-state index contributed by atoms with van der Waals surface area (Å²) < 4.78 is 5.43. The second kappa shape index (κ2) is 4.60. The van der Waals surface area contributed by atoms with E-state index in [1.54, 1.807) is 0 Å². The Morgan fingerprint density at radius 3 is 2.93 bits per heavy atom. The Morgan fingerprint density at radius 2 is 2.27 bits per heavy atom. The van der Waals surface area contributed by atoms with Crippen molar-refractivity contribution in [2.24, 2.45) is 0 Å². The van der Waals surface area contributed by atoms with Crippen LogP contribution in [0.25, 0.3) is 5.57 Å². The van der Waals surface area contributed by atoms with E-state index in [0.717, 1.165) is 24.2 Å². The Hall–Kier alpha value is -1.12. The summed E-state index contributed by atoms with van der Waals surface area (Å²) in [5.74, 6) is 0. The van der Waals surface area contributed by atoms with Crippen molar-refractivity contribution in [1.29, 1.82) is 0 Å². The van der Waals surface area contributed by atoms with Crippen molar-refractivity contribution in [3.8, 4) is 0 Å². The Kier molecular flexibility index (Phi) is 3.19. The van der Waals surface area contributed by atoms with Gasteiger partial charge in [0.15, 0.2) is 0 Å². The molecular formula is C13H16O2. The van der Waals surface area contributed by atoms with Gasteiger partial charge in [-0.05, 0) is 35.6 Å². The van der Waals surface area contributed by atoms with Crippen LogP contribution in [0.4, 0.5) is 0 Å². The van der Waals surface area contributed by atoms with E-state index in [2.05, 4.69) is 19.1 Å². The summed E-state index contributed by atoms with van der Waals surface area (Å²) in [5, 5.41) is 9.19. The fourth-order valence-electron chi connectivity index (χ4n) is 1.95. The molecule has 2 heteroatoms. The van der Waals surface area contributed by atoms with Gasteiger partial charge in [0.1, 0.15) is 0 Å². The molecule has 1 aromatic rings. The monoisotopic (exact) mass is 204 g/mol. The van der Waals surface area contributed by atoms with Crippen LogP contribution in [0, 0.1) is 6.92 Å². The van der Waals surface area contributed by atoms with Crippen LogP contribution in [0.5, 0.6) is 0 Å². The summed E-state index contributed by atoms with van der Waals surface area (Å²) in [6, 6.07) is 6.04. The van der Waals surface area contributed by atoms with Gasteiger partial charge < -0.3 is 9.84 Å². The first-order chi connectivity index (χ1) is 7.33. The molecule has 0 saturated heterocycles. The van der Waals surface area contributed by atoms with Gasteiger partial charge in [0.05, 0.1) is 19.8 Å². The van der Waals surface area contributed by atoms with E-state index in [4.69, 9.17) is 4.74 Å². The molecule has 0 aromatic heterocycles. The molecular weight excluding hydrogens is 188 g/mol. The molecule has 1 heterocycles. The van der Waals surface area contributed by atoms with E-state index in [1.165, 1.54) is 11.1 Å². The summed E-state index contributed by atoms with van der Waals surface area (Å²) in [6.45, 7) is 3.67. The molecule has 15 heavy (non-hydrogen) atoms. The predicted octanol–water partition coefficient (Wildman–Crippen LogP) is 2.29. The first-order valence-corrected chi connectivity index (χ1v) is 5.29. The molecule has 0 saturated carbocycles. The van der Waals surface area contributed by atoms with Crippen molar-refractivity contribution in [1.82, 2.24) is 0 Å². The van der Waals surface area contributed by atoms with E-state index < -0.39 is 0 Å². The van der Waals surface area contributed by atoms with Gasteiger partial charge in [-0.1, -0.05) is 24.3 Å². The highest BCUT2D eigenvalue weighted by molar-refractivity contribution is 5.70. The van der Waals surface area contributed by atoms with Crippen molar-refractivity contribution in [3.63, 3.8) is 0 Å². The second-order valence-electron chi connectivity index (χ2n) is 3.82. The normalized spacial score (nSPS) is 16.3. The van der Waals surface area contributed by atoms with Gasteiger partial charge in [-0.25, -0.2) is 0 Å². The third-order valence-electron chi connectivity index (χ3n) is 2.87. The van der Waals surface area contributed by atoms with Gasteiger partial charge in [-0.2, -0.15) is 0 Å². The lowest BCUT2D eigenvalue weighted by molar-refractivity contribution is 0.164. The number of hydrogen-bond donors (Lipinski definition) is 1. The first-order valence-electron chi connectivity index (χ1n) is 5.29. The number of benzene rings is 1. The highest BCUT2D eigenvalue weighted by atomic mass is 16.5. The van der Waals surface area contributed by atoms with Crippen LogP contribution in [0.15, 0.2) is 24.3 Å². The average Bonchev–Trinajstić information content (AvgIpc) is 2.30. The summed E-state index contributed by atoms with van der Waals surface area (Å²) in [7, 11) is 0. The van der Waals surface area contributed by atoms with Crippen molar-refractivity contribution in [2.45, 2.75) is 20.0 Å². The van der Waals surface area contributed by atoms with E-state index in [9.17, 15) is 5.11 Å². The molecule has 0 spiro atoms. The van der Waals surface area contributed by atoms with Crippen LogP contribution < -0.4 is 0 Å². The molecule has 80 valence electrons. The molecule has 0 atom stereocenters. The van der Waals surface area contributed by atoms with Crippen molar-refractivity contribution < 1.29 is 9.84 Å². The summed E-state index contributed by atoms with van der Waals surface area (Å²) in [6.07, 6.45) is 3.21. The lowest BCUT2D eigenvalue weighted by Gasteiger charge is -2.17. The van der Waals surface area contributed by atoms with Crippen LogP contribution in [0.1, 0.15) is 23.1 Å². The molecule has 1 aliphatic heterocycles. The second-order valence-corrected chi connectivity index (χ2v) is 3.82. The molecule has 1 N–H and O–H groups in total. The van der Waals surface area contributed by atoms with Crippen molar-refractivity contribution in [3.05, 3.63) is 41.0 Å². The molecule has 0 fully saturated rings. The SMILES string of the molecule is Cc1c(CO)cccc1C1=CCCOC1. The number of hydrogen-bond acceptors (Lipinski definition) is 2. The maximum Gasteiger partial charge on any atom is 0.0719 e. The maximum atomic E-state index is 9.19. The quantitative estimate of drug-likeness (QED) is 0.801. The minimum atomic E-state index is 0.105. The smallest absolute Gasteiger partial charge is 0.0719 e. The molecule has 0 amide bonds. The van der Waals surface area contributed by atoms with Crippen LogP contribution in [0.3, 0.4) is 0 Å². The number of aliphatic hydroxyl groups is 1. The van der Waals surface area contributed by atoms with Gasteiger partial charge in [-0.15, -0.1) is 0 Å². The number of rotatable bonds is 2. The van der Waals surface area contributed by atoms with E-state index in [0.29, 0.717) is 6.61 Å². The van der Waals surface area contributed by atoms with Crippen LogP contribution >= 0.6 is 0 Å². The Balaban J connectivity index is 2.39. The van der Waals surface area contributed by atoms with Crippen molar-refractivity contribution >= 4 is 5.57 Å². The van der Waals surface area contributed by atoms with Gasteiger partial charge in [-0.3, -0.25) is 0 Å². The topological polar surface area (TPSA) is 29.5 Å². The molecule has 0 radical (unpaired) electrons. The first kappa shape index (κ1) is 10.4. The molecule has 0 unspecified atom stereocenters. The van der Waals surface area contributed by atoms with Gasteiger partial charge in [0.25, 0.3) is 0 Å². The van der Waals surface area contributed by atoms with E-state index in [1.807, 2.05) is 12.1 Å². The number of ether oxygens (including phenoxy) is 1. The fourth-order valence-corrected chi connectivity index (χ4v) is 1.95. The number of aliphatic hydroxyl groups excluding tert-OH is 1. The molecule has 1 aliphatic rings. The van der Waals surface area contributed by atoms with Crippen LogP contribution in [-0.4, -0.2) is 18.3 Å². The van der Waals surface area contributed by atoms with E-state index in [-0.39, 0.29) is 6.61 Å². The minimum absolute atomic E-state index is 0.105. The molecule has 1 aromatic carbocycles. The average molecular weight is 204 g/mol. The molecule has 0 bridgehead atoms. The van der Waals surface area contributed by atoms with Crippen molar-refractivity contribution in [2.75, 3.05) is 13.2 Å². The lowest BCUT2D eigenvalue weighted by atomic mass is 9.96. The Labute approximate surface area is 90.2 Å². The third-order valence-corrected chi connectivity index (χ3v) is 2.87. The summed E-state index contributed by atoms with van der Waals surface area (Å²) in [4.78, 5) is 0. The van der Waals surface area contributed by atoms with Gasteiger partial charge in [0.2, 0.25) is 0 Å². The zero-order valence-electron chi connectivity index (χ0n) is 8.99. The third kappa shape index (κ3) is 2.11. The minimum Gasteiger partial charge on any atom is -0.392 e. The summed E-state index contributed by atoms with van der Waals surface area (Å²) in [5.41, 5.74) is 4.62. The summed E-state index contributed by atoms with van der Waals surface area (Å²) >= 11 is 0. The largest absolute Gasteiger partial charge is 0.392 e. The fraction of sp³-hybridized carbons (Fsp3) is 0.385. The zero-order valence-corrected chi connectivity index (χ0v) is 8.99.